The molecule has 3 N–H and O–H groups in total. The summed E-state index contributed by atoms with van der Waals surface area (Å²) in [7, 11) is 1.55. The van der Waals surface area contributed by atoms with Crippen LogP contribution in [-0.4, -0.2) is 25.6 Å². The van der Waals surface area contributed by atoms with Crippen molar-refractivity contribution in [2.75, 3.05) is 20.5 Å². The highest BCUT2D eigenvalue weighted by Crippen LogP contribution is 2.41. The highest BCUT2D eigenvalue weighted by atomic mass is 16.7. The van der Waals surface area contributed by atoms with Crippen molar-refractivity contribution in [2.45, 2.75) is 12.5 Å². The van der Waals surface area contributed by atoms with Gasteiger partial charge >= 0.3 is 0 Å². The van der Waals surface area contributed by atoms with Crippen LogP contribution >= 0.6 is 0 Å². The number of fused-ring (bicyclic) bond motifs is 1. The van der Waals surface area contributed by atoms with Gasteiger partial charge in [0.2, 0.25) is 6.79 Å². The van der Waals surface area contributed by atoms with Gasteiger partial charge in [-0.1, -0.05) is 0 Å². The number of hydrogen-bond donors (Lipinski definition) is 2. The van der Waals surface area contributed by atoms with Crippen molar-refractivity contribution in [3.63, 3.8) is 0 Å². The highest BCUT2D eigenvalue weighted by Gasteiger charge is 2.28. The van der Waals surface area contributed by atoms with Crippen LogP contribution in [0.2, 0.25) is 0 Å². The third-order valence-corrected chi connectivity index (χ3v) is 2.64. The Bertz CT molecular complexity index is 403. The maximum absolute atomic E-state index is 9.26. The highest BCUT2D eigenvalue weighted by molar-refractivity contribution is 5.53. The second kappa shape index (κ2) is 3.84. The summed E-state index contributed by atoms with van der Waals surface area (Å²) in [6.45, 7) is 1.75. The number of rotatable bonds is 3. The van der Waals surface area contributed by atoms with Crippen molar-refractivity contribution < 1.29 is 19.3 Å². The summed E-state index contributed by atoms with van der Waals surface area (Å²) in [5, 5.41) is 9.26. The Morgan fingerprint density at radius 1 is 1.44 bits per heavy atom. The summed E-state index contributed by atoms with van der Waals surface area (Å²) >= 11 is 0. The van der Waals surface area contributed by atoms with E-state index in [9.17, 15) is 5.11 Å². The van der Waals surface area contributed by atoms with E-state index in [1.165, 1.54) is 0 Å². The summed E-state index contributed by atoms with van der Waals surface area (Å²) < 4.78 is 15.7. The van der Waals surface area contributed by atoms with Crippen molar-refractivity contribution in [1.82, 2.24) is 0 Å². The molecule has 0 fully saturated rings. The maximum atomic E-state index is 9.26. The molecule has 5 nitrogen and oxygen atoms in total. The van der Waals surface area contributed by atoms with E-state index in [2.05, 4.69) is 0 Å². The summed E-state index contributed by atoms with van der Waals surface area (Å²) in [6.07, 6.45) is 0. The Morgan fingerprint density at radius 3 is 2.62 bits per heavy atom. The molecule has 0 bridgehead atoms. The average Bonchev–Trinajstić information content (AvgIpc) is 2.74. The summed E-state index contributed by atoms with van der Waals surface area (Å²) in [5.74, 6) is 1.85. The van der Waals surface area contributed by atoms with Crippen LogP contribution in [0.3, 0.4) is 0 Å². The van der Waals surface area contributed by atoms with Gasteiger partial charge in [0.1, 0.15) is 5.75 Å². The van der Waals surface area contributed by atoms with Crippen molar-refractivity contribution in [3.05, 3.63) is 17.7 Å². The van der Waals surface area contributed by atoms with Crippen LogP contribution in [0.25, 0.3) is 0 Å². The van der Waals surface area contributed by atoms with E-state index >= 15 is 0 Å². The molecular weight excluding hydrogens is 210 g/mol. The molecule has 1 aliphatic rings. The second-order valence-corrected chi connectivity index (χ2v) is 3.98. The molecule has 0 saturated carbocycles. The average molecular weight is 225 g/mol. The maximum Gasteiger partial charge on any atom is 0.231 e. The van der Waals surface area contributed by atoms with Gasteiger partial charge in [0.15, 0.2) is 11.5 Å². The van der Waals surface area contributed by atoms with Gasteiger partial charge in [0.25, 0.3) is 0 Å². The van der Waals surface area contributed by atoms with E-state index < -0.39 is 5.54 Å². The minimum absolute atomic E-state index is 0.178. The summed E-state index contributed by atoms with van der Waals surface area (Å²) in [4.78, 5) is 0. The Labute approximate surface area is 93.7 Å². The predicted octanol–water partition coefficient (Wildman–Crippen LogP) is 0.590. The molecule has 1 heterocycles. The SMILES string of the molecule is COc1cc2c(cc1C(C)(N)CO)OCO2. The van der Waals surface area contributed by atoms with Gasteiger partial charge < -0.3 is 25.1 Å². The number of benzene rings is 1. The molecule has 0 aliphatic carbocycles. The largest absolute Gasteiger partial charge is 0.496 e. The molecular formula is C11H15NO4. The Morgan fingerprint density at radius 2 is 2.06 bits per heavy atom. The molecule has 1 aliphatic heterocycles. The fraction of sp³-hybridized carbons (Fsp3) is 0.455. The van der Waals surface area contributed by atoms with Gasteiger partial charge in [-0.25, -0.2) is 0 Å². The van der Waals surface area contributed by atoms with Crippen molar-refractivity contribution in [1.29, 1.82) is 0 Å². The molecule has 5 heteroatoms. The first kappa shape index (κ1) is 11.0. The Balaban J connectivity index is 2.52. The number of hydrogen-bond acceptors (Lipinski definition) is 5. The number of aliphatic hydroxyl groups is 1. The van der Waals surface area contributed by atoms with E-state index in [1.807, 2.05) is 0 Å². The number of methoxy groups -OCH3 is 1. The van der Waals surface area contributed by atoms with Gasteiger partial charge in [-0.3, -0.25) is 0 Å². The molecule has 1 aromatic rings. The van der Waals surface area contributed by atoms with Gasteiger partial charge in [-0.2, -0.15) is 0 Å². The van der Waals surface area contributed by atoms with Crippen LogP contribution in [0.1, 0.15) is 12.5 Å². The standard InChI is InChI=1S/C11H15NO4/c1-11(12,5-13)7-3-9-10(16-6-15-9)4-8(7)14-2/h3-4,13H,5-6,12H2,1-2H3. The first-order valence-electron chi connectivity index (χ1n) is 4.96. The number of nitrogens with two attached hydrogens (primary N) is 1. The molecule has 0 saturated heterocycles. The van der Waals surface area contributed by atoms with E-state index in [1.54, 1.807) is 26.2 Å². The molecule has 88 valence electrons. The van der Waals surface area contributed by atoms with Crippen molar-refractivity contribution in [3.8, 4) is 17.2 Å². The lowest BCUT2D eigenvalue weighted by Crippen LogP contribution is -2.37. The van der Waals surface area contributed by atoms with Gasteiger partial charge in [-0.05, 0) is 13.0 Å². The first-order chi connectivity index (χ1) is 7.58. The monoisotopic (exact) mass is 225 g/mol. The van der Waals surface area contributed by atoms with Crippen molar-refractivity contribution >= 4 is 0 Å². The Kier molecular flexibility index (Phi) is 2.65. The molecule has 1 atom stereocenters. The van der Waals surface area contributed by atoms with Gasteiger partial charge in [-0.15, -0.1) is 0 Å². The minimum atomic E-state index is -0.869. The number of ether oxygens (including phenoxy) is 3. The molecule has 0 spiro atoms. The van der Waals surface area contributed by atoms with Crippen LogP contribution < -0.4 is 19.9 Å². The molecule has 0 amide bonds. The molecule has 16 heavy (non-hydrogen) atoms. The van der Waals surface area contributed by atoms with Gasteiger partial charge in [0, 0.05) is 11.6 Å². The summed E-state index contributed by atoms with van der Waals surface area (Å²) in [6, 6.07) is 3.47. The van der Waals surface area contributed by atoms with Crippen molar-refractivity contribution in [2.24, 2.45) is 5.73 Å². The normalized spacial score (nSPS) is 17.0. The smallest absolute Gasteiger partial charge is 0.231 e. The quantitative estimate of drug-likeness (QED) is 0.787. The summed E-state index contributed by atoms with van der Waals surface area (Å²) in [5.41, 5.74) is 5.81. The van der Waals surface area contributed by atoms with E-state index in [-0.39, 0.29) is 13.4 Å². The fourth-order valence-corrected chi connectivity index (χ4v) is 1.62. The Hall–Kier alpha value is -1.46. The topological polar surface area (TPSA) is 73.9 Å². The molecule has 1 aromatic carbocycles. The minimum Gasteiger partial charge on any atom is -0.496 e. The lowest BCUT2D eigenvalue weighted by atomic mass is 9.93. The van der Waals surface area contributed by atoms with Crippen LogP contribution in [-0.2, 0) is 5.54 Å². The zero-order valence-electron chi connectivity index (χ0n) is 9.32. The van der Waals surface area contributed by atoms with E-state index in [4.69, 9.17) is 19.9 Å². The van der Waals surface area contributed by atoms with Crippen LogP contribution in [0.15, 0.2) is 12.1 Å². The third-order valence-electron chi connectivity index (χ3n) is 2.64. The lowest BCUT2D eigenvalue weighted by Gasteiger charge is -2.24. The first-order valence-corrected chi connectivity index (χ1v) is 4.96. The van der Waals surface area contributed by atoms with E-state index in [0.717, 1.165) is 0 Å². The van der Waals surface area contributed by atoms with Gasteiger partial charge in [0.05, 0.1) is 19.3 Å². The third kappa shape index (κ3) is 1.68. The van der Waals surface area contributed by atoms with Crippen LogP contribution in [0, 0.1) is 0 Å². The molecule has 1 unspecified atom stereocenters. The zero-order valence-corrected chi connectivity index (χ0v) is 9.32. The van der Waals surface area contributed by atoms with Crippen LogP contribution in [0.4, 0.5) is 0 Å². The van der Waals surface area contributed by atoms with E-state index in [0.29, 0.717) is 22.8 Å². The number of aliphatic hydroxyl groups excluding tert-OH is 1. The lowest BCUT2D eigenvalue weighted by molar-refractivity contribution is 0.173. The second-order valence-electron chi connectivity index (χ2n) is 3.98. The molecule has 0 aromatic heterocycles. The molecule has 0 radical (unpaired) electrons. The zero-order chi connectivity index (χ0) is 11.8. The fourth-order valence-electron chi connectivity index (χ4n) is 1.62. The predicted molar refractivity (Wildman–Crippen MR) is 57.7 cm³/mol. The van der Waals surface area contributed by atoms with Crippen LogP contribution in [0.5, 0.6) is 17.2 Å². The molecule has 2 rings (SSSR count).